The van der Waals surface area contributed by atoms with Crippen molar-refractivity contribution in [1.82, 2.24) is 5.43 Å². The quantitative estimate of drug-likeness (QED) is 0.493. The molecule has 1 aromatic rings. The van der Waals surface area contributed by atoms with Gasteiger partial charge in [-0.15, -0.1) is 0 Å². The van der Waals surface area contributed by atoms with Gasteiger partial charge in [-0.25, -0.2) is 0 Å². The van der Waals surface area contributed by atoms with Crippen LogP contribution in [0.3, 0.4) is 0 Å². The van der Waals surface area contributed by atoms with Crippen molar-refractivity contribution >= 4 is 35.1 Å². The van der Waals surface area contributed by atoms with Gasteiger partial charge in [0.1, 0.15) is 0 Å². The number of benzene rings is 1. The molecule has 2 rings (SSSR count). The van der Waals surface area contributed by atoms with Crippen molar-refractivity contribution in [1.29, 1.82) is 0 Å². The number of hydrogen-bond acceptors (Lipinski definition) is 2. The molecule has 0 radical (unpaired) electrons. The number of rotatable bonds is 4. The Kier molecular flexibility index (Phi) is 6.00. The topological polar surface area (TPSA) is 50.4 Å². The third kappa shape index (κ3) is 4.68. The number of nitrogens with zero attached hydrogens (tertiary/aromatic N) is 1. The van der Waals surface area contributed by atoms with Gasteiger partial charge in [0.05, 0.1) is 0 Å². The van der Waals surface area contributed by atoms with Crippen molar-refractivity contribution in [3.8, 4) is 0 Å². The summed E-state index contributed by atoms with van der Waals surface area (Å²) in [5.74, 6) is 0.783. The van der Waals surface area contributed by atoms with Crippen LogP contribution >= 0.6 is 23.8 Å². The van der Waals surface area contributed by atoms with Gasteiger partial charge in [-0.05, 0) is 48.2 Å². The summed E-state index contributed by atoms with van der Waals surface area (Å²) in [6.45, 7) is 2.07. The minimum Gasteiger partial charge on any atom is -0.375 e. The highest BCUT2D eigenvalue weighted by Gasteiger charge is 2.18. The maximum absolute atomic E-state index is 6.49. The number of halogens is 1. The van der Waals surface area contributed by atoms with Crippen LogP contribution in [-0.2, 0) is 0 Å². The van der Waals surface area contributed by atoms with E-state index >= 15 is 0 Å². The van der Waals surface area contributed by atoms with Crippen LogP contribution in [0.1, 0.15) is 62.0 Å². The van der Waals surface area contributed by atoms with E-state index in [4.69, 9.17) is 29.6 Å². The number of hydrazone groups is 1. The third-order valence-corrected chi connectivity index (χ3v) is 4.49. The molecule has 0 spiro atoms. The van der Waals surface area contributed by atoms with Gasteiger partial charge in [0.25, 0.3) is 0 Å². The molecule has 0 saturated heterocycles. The molecule has 5 heteroatoms. The second-order valence-electron chi connectivity index (χ2n) is 5.66. The van der Waals surface area contributed by atoms with Gasteiger partial charge in [0, 0.05) is 17.2 Å². The summed E-state index contributed by atoms with van der Waals surface area (Å²) in [5, 5.41) is 5.05. The van der Waals surface area contributed by atoms with Crippen LogP contribution in [0.15, 0.2) is 23.3 Å². The lowest BCUT2D eigenvalue weighted by Crippen LogP contribution is -2.24. The zero-order valence-corrected chi connectivity index (χ0v) is 13.9. The van der Waals surface area contributed by atoms with Crippen LogP contribution in [0.4, 0.5) is 0 Å². The highest BCUT2D eigenvalue weighted by atomic mass is 35.5. The number of thiocarbonyl (C=S) groups is 1. The van der Waals surface area contributed by atoms with Gasteiger partial charge in [-0.3, -0.25) is 5.43 Å². The predicted molar refractivity (Wildman–Crippen MR) is 94.1 cm³/mol. The summed E-state index contributed by atoms with van der Waals surface area (Å²) in [4.78, 5) is 0. The van der Waals surface area contributed by atoms with Crippen LogP contribution in [0.5, 0.6) is 0 Å². The van der Waals surface area contributed by atoms with E-state index in [9.17, 15) is 0 Å². The zero-order valence-electron chi connectivity index (χ0n) is 12.3. The van der Waals surface area contributed by atoms with Crippen LogP contribution in [0.25, 0.3) is 0 Å². The standard InChI is InChI=1S/C16H22ClN3S/c1-11(10-19-20-16(18)21)13-7-8-14(15(17)9-13)12-5-3-2-4-6-12/h7-12H,2-6H2,1H3,(H3,18,20,21). The van der Waals surface area contributed by atoms with Crippen molar-refractivity contribution in [3.63, 3.8) is 0 Å². The summed E-state index contributed by atoms with van der Waals surface area (Å²) in [5.41, 5.74) is 10.3. The molecule has 0 heterocycles. The van der Waals surface area contributed by atoms with Crippen molar-refractivity contribution in [2.24, 2.45) is 10.8 Å². The van der Waals surface area contributed by atoms with Gasteiger partial charge in [-0.2, -0.15) is 5.10 Å². The third-order valence-electron chi connectivity index (χ3n) is 4.07. The van der Waals surface area contributed by atoms with E-state index in [0.29, 0.717) is 5.92 Å². The summed E-state index contributed by atoms with van der Waals surface area (Å²) in [6, 6.07) is 6.38. The Hall–Kier alpha value is -1.13. The molecule has 0 aliphatic heterocycles. The molecule has 114 valence electrons. The molecule has 1 atom stereocenters. The fourth-order valence-corrected chi connectivity index (χ4v) is 3.27. The van der Waals surface area contributed by atoms with E-state index in [1.165, 1.54) is 37.7 Å². The van der Waals surface area contributed by atoms with Gasteiger partial charge in [-0.1, -0.05) is 49.9 Å². The first-order chi connectivity index (χ1) is 10.1. The molecule has 1 saturated carbocycles. The smallest absolute Gasteiger partial charge is 0.184 e. The Balaban J connectivity index is 2.07. The Labute approximate surface area is 136 Å². The molecule has 1 aliphatic rings. The Morgan fingerprint density at radius 3 is 2.76 bits per heavy atom. The van der Waals surface area contributed by atoms with Crippen LogP contribution in [0.2, 0.25) is 5.02 Å². The normalized spacial score (nSPS) is 17.8. The molecule has 0 amide bonds. The molecule has 3 N–H and O–H groups in total. The Morgan fingerprint density at radius 1 is 1.43 bits per heavy atom. The maximum atomic E-state index is 6.49. The average molecular weight is 324 g/mol. The monoisotopic (exact) mass is 323 g/mol. The summed E-state index contributed by atoms with van der Waals surface area (Å²) in [6.07, 6.45) is 8.29. The SMILES string of the molecule is CC(C=NNC(N)=S)c1ccc(C2CCCCC2)c(Cl)c1. The molecule has 1 fully saturated rings. The summed E-state index contributed by atoms with van der Waals surface area (Å²) >= 11 is 11.2. The van der Waals surface area contributed by atoms with Crippen LogP contribution < -0.4 is 11.2 Å². The van der Waals surface area contributed by atoms with Crippen LogP contribution in [0, 0.1) is 0 Å². The molecular formula is C16H22ClN3S. The highest BCUT2D eigenvalue weighted by Crippen LogP contribution is 2.37. The first-order valence-electron chi connectivity index (χ1n) is 7.46. The zero-order chi connectivity index (χ0) is 15.2. The van der Waals surface area contributed by atoms with Crippen LogP contribution in [-0.4, -0.2) is 11.3 Å². The summed E-state index contributed by atoms with van der Waals surface area (Å²) in [7, 11) is 0. The minimum absolute atomic E-state index is 0.157. The lowest BCUT2D eigenvalue weighted by Gasteiger charge is -2.23. The van der Waals surface area contributed by atoms with E-state index in [0.717, 1.165) is 10.6 Å². The highest BCUT2D eigenvalue weighted by molar-refractivity contribution is 7.80. The Bertz CT molecular complexity index is 524. The molecule has 1 unspecified atom stereocenters. The number of hydrogen-bond donors (Lipinski definition) is 2. The fraction of sp³-hybridized carbons (Fsp3) is 0.500. The second-order valence-corrected chi connectivity index (χ2v) is 6.51. The average Bonchev–Trinajstić information content (AvgIpc) is 2.47. The molecule has 3 nitrogen and oxygen atoms in total. The lowest BCUT2D eigenvalue weighted by atomic mass is 9.83. The molecule has 0 bridgehead atoms. The fourth-order valence-electron chi connectivity index (χ4n) is 2.87. The number of nitrogens with one attached hydrogen (secondary N) is 1. The second kappa shape index (κ2) is 7.76. The van der Waals surface area contributed by atoms with E-state index in [-0.39, 0.29) is 11.0 Å². The van der Waals surface area contributed by atoms with E-state index in [1.54, 1.807) is 6.21 Å². The number of nitrogens with two attached hydrogens (primary N) is 1. The first kappa shape index (κ1) is 16.2. The first-order valence-corrected chi connectivity index (χ1v) is 8.24. The predicted octanol–water partition coefficient (Wildman–Crippen LogP) is 4.31. The largest absolute Gasteiger partial charge is 0.375 e. The van der Waals surface area contributed by atoms with Crippen molar-refractivity contribution < 1.29 is 0 Å². The van der Waals surface area contributed by atoms with Gasteiger partial charge >= 0.3 is 0 Å². The van der Waals surface area contributed by atoms with Gasteiger partial charge < -0.3 is 5.73 Å². The molecule has 1 aromatic carbocycles. The van der Waals surface area contributed by atoms with Crippen molar-refractivity contribution in [3.05, 3.63) is 34.3 Å². The molecular weight excluding hydrogens is 302 g/mol. The van der Waals surface area contributed by atoms with Gasteiger partial charge in [0.2, 0.25) is 0 Å². The molecule has 0 aromatic heterocycles. The molecule has 21 heavy (non-hydrogen) atoms. The van der Waals surface area contributed by atoms with Crippen molar-refractivity contribution in [2.75, 3.05) is 0 Å². The van der Waals surface area contributed by atoms with Crippen molar-refractivity contribution in [2.45, 2.75) is 50.9 Å². The Morgan fingerprint density at radius 2 is 2.14 bits per heavy atom. The van der Waals surface area contributed by atoms with E-state index in [1.807, 2.05) is 0 Å². The lowest BCUT2D eigenvalue weighted by molar-refractivity contribution is 0.443. The maximum Gasteiger partial charge on any atom is 0.184 e. The van der Waals surface area contributed by atoms with E-state index in [2.05, 4.69) is 35.7 Å². The summed E-state index contributed by atoms with van der Waals surface area (Å²) < 4.78 is 0. The minimum atomic E-state index is 0.157. The van der Waals surface area contributed by atoms with E-state index < -0.39 is 0 Å². The van der Waals surface area contributed by atoms with Gasteiger partial charge in [0.15, 0.2) is 5.11 Å². The molecule has 1 aliphatic carbocycles.